The van der Waals surface area contributed by atoms with Crippen molar-refractivity contribution in [2.24, 2.45) is 5.92 Å². The maximum Gasteiger partial charge on any atom is 0.0315 e. The van der Waals surface area contributed by atoms with Crippen molar-refractivity contribution in [1.29, 1.82) is 0 Å². The van der Waals surface area contributed by atoms with Crippen LogP contribution < -0.4 is 0 Å². The summed E-state index contributed by atoms with van der Waals surface area (Å²) in [5.74, 6) is 1.06. The van der Waals surface area contributed by atoms with Crippen LogP contribution in [0.15, 0.2) is 11.8 Å². The van der Waals surface area contributed by atoms with Gasteiger partial charge < -0.3 is 4.90 Å². The van der Waals surface area contributed by atoms with Gasteiger partial charge in [0.05, 0.1) is 0 Å². The molecule has 1 saturated heterocycles. The highest BCUT2D eigenvalue weighted by Gasteiger charge is 2.38. The Balaban J connectivity index is 1.77. The molecule has 0 unspecified atom stereocenters. The Morgan fingerprint density at radius 2 is 2.15 bits per heavy atom. The molecular weight excluding hydrogens is 158 g/mol. The summed E-state index contributed by atoms with van der Waals surface area (Å²) in [5.41, 5.74) is 1.69. The molecule has 0 radical (unpaired) electrons. The van der Waals surface area contributed by atoms with Crippen molar-refractivity contribution >= 4 is 0 Å². The third kappa shape index (κ3) is 1.20. The van der Waals surface area contributed by atoms with Crippen LogP contribution in [0.25, 0.3) is 0 Å². The van der Waals surface area contributed by atoms with Crippen LogP contribution in [0, 0.1) is 5.92 Å². The Hall–Kier alpha value is -0.460. The van der Waals surface area contributed by atoms with Gasteiger partial charge >= 0.3 is 0 Å². The second kappa shape index (κ2) is 3.04. The number of rotatable bonds is 1. The first-order chi connectivity index (χ1) is 6.45. The van der Waals surface area contributed by atoms with E-state index in [-0.39, 0.29) is 0 Å². The summed E-state index contributed by atoms with van der Waals surface area (Å²) >= 11 is 0. The number of allylic oxidation sites excluding steroid dienone is 2. The zero-order valence-corrected chi connectivity index (χ0v) is 8.34. The van der Waals surface area contributed by atoms with Gasteiger partial charge in [-0.05, 0) is 44.4 Å². The first-order valence-corrected chi connectivity index (χ1v) is 5.91. The molecule has 1 heterocycles. The number of likely N-dealkylation sites (tertiary alicyclic amines) is 1. The summed E-state index contributed by atoms with van der Waals surface area (Å²) < 4.78 is 0. The lowest BCUT2D eigenvalue weighted by Crippen LogP contribution is -2.28. The lowest BCUT2D eigenvalue weighted by atomic mass is 10.0. The highest BCUT2D eigenvalue weighted by atomic mass is 15.2. The van der Waals surface area contributed by atoms with Crippen molar-refractivity contribution in [2.45, 2.75) is 51.0 Å². The zero-order chi connectivity index (χ0) is 8.67. The molecule has 0 aromatic heterocycles. The maximum absolute atomic E-state index is 2.74. The SMILES string of the molecule is C1=C(N2CC[C@H]3CCC[C@H]32)CCC1. The first kappa shape index (κ1) is 7.90. The summed E-state index contributed by atoms with van der Waals surface area (Å²) in [7, 11) is 0. The zero-order valence-electron chi connectivity index (χ0n) is 8.34. The van der Waals surface area contributed by atoms with Crippen molar-refractivity contribution < 1.29 is 0 Å². The van der Waals surface area contributed by atoms with E-state index in [9.17, 15) is 0 Å². The summed E-state index contributed by atoms with van der Waals surface area (Å²) in [6, 6.07) is 0.948. The van der Waals surface area contributed by atoms with E-state index in [0.29, 0.717) is 0 Å². The molecule has 2 atom stereocenters. The molecule has 0 aromatic rings. The molecule has 1 aliphatic heterocycles. The number of nitrogens with zero attached hydrogens (tertiary/aromatic N) is 1. The number of fused-ring (bicyclic) bond motifs is 1. The summed E-state index contributed by atoms with van der Waals surface area (Å²) in [5, 5.41) is 0. The molecule has 2 fully saturated rings. The molecule has 0 N–H and O–H groups in total. The molecule has 1 saturated carbocycles. The van der Waals surface area contributed by atoms with Gasteiger partial charge in [-0.2, -0.15) is 0 Å². The topological polar surface area (TPSA) is 3.24 Å². The molecule has 13 heavy (non-hydrogen) atoms. The Bertz CT molecular complexity index is 231. The quantitative estimate of drug-likeness (QED) is 0.595. The van der Waals surface area contributed by atoms with Crippen LogP contribution in [-0.2, 0) is 0 Å². The molecule has 3 aliphatic rings. The predicted molar refractivity (Wildman–Crippen MR) is 54.4 cm³/mol. The second-order valence-corrected chi connectivity index (χ2v) is 4.83. The standard InChI is InChI=1S/C12H19N/c1-2-6-11(5-1)13-9-8-10-4-3-7-12(10)13/h5,10,12H,1-4,6-9H2/t10-,12-/m1/s1. The van der Waals surface area contributed by atoms with Crippen LogP contribution in [0.2, 0.25) is 0 Å². The van der Waals surface area contributed by atoms with Crippen molar-refractivity contribution in [3.8, 4) is 0 Å². The fourth-order valence-electron chi connectivity index (χ4n) is 3.51. The molecule has 3 rings (SSSR count). The van der Waals surface area contributed by atoms with E-state index >= 15 is 0 Å². The molecule has 0 bridgehead atoms. The van der Waals surface area contributed by atoms with Gasteiger partial charge in [-0.25, -0.2) is 0 Å². The minimum atomic E-state index is 0.948. The summed E-state index contributed by atoms with van der Waals surface area (Å²) in [4.78, 5) is 2.74. The molecule has 0 amide bonds. The van der Waals surface area contributed by atoms with Crippen molar-refractivity contribution in [3.63, 3.8) is 0 Å². The van der Waals surface area contributed by atoms with Gasteiger partial charge in [-0.1, -0.05) is 12.5 Å². The average Bonchev–Trinajstić information content (AvgIpc) is 2.79. The monoisotopic (exact) mass is 177 g/mol. The Morgan fingerprint density at radius 3 is 3.00 bits per heavy atom. The predicted octanol–water partition coefficient (Wildman–Crippen LogP) is 2.93. The van der Waals surface area contributed by atoms with Crippen LogP contribution >= 0.6 is 0 Å². The summed E-state index contributed by atoms with van der Waals surface area (Å²) in [6.45, 7) is 1.36. The molecule has 72 valence electrons. The molecule has 2 aliphatic carbocycles. The minimum absolute atomic E-state index is 0.948. The van der Waals surface area contributed by atoms with Crippen LogP contribution in [0.4, 0.5) is 0 Å². The van der Waals surface area contributed by atoms with Gasteiger partial charge in [-0.3, -0.25) is 0 Å². The van der Waals surface area contributed by atoms with E-state index in [1.807, 2.05) is 0 Å². The average molecular weight is 177 g/mol. The number of hydrogen-bond donors (Lipinski definition) is 0. The van der Waals surface area contributed by atoms with E-state index < -0.39 is 0 Å². The fraction of sp³-hybridized carbons (Fsp3) is 0.833. The highest BCUT2D eigenvalue weighted by Crippen LogP contribution is 2.41. The molecular formula is C12H19N. The van der Waals surface area contributed by atoms with Gasteiger partial charge in [0.25, 0.3) is 0 Å². The van der Waals surface area contributed by atoms with Crippen molar-refractivity contribution in [1.82, 2.24) is 4.90 Å². The van der Waals surface area contributed by atoms with E-state index in [0.717, 1.165) is 12.0 Å². The molecule has 1 nitrogen and oxygen atoms in total. The van der Waals surface area contributed by atoms with Gasteiger partial charge in [0.15, 0.2) is 0 Å². The lowest BCUT2D eigenvalue weighted by molar-refractivity contribution is 0.297. The molecule has 1 heteroatoms. The van der Waals surface area contributed by atoms with Crippen LogP contribution in [-0.4, -0.2) is 17.5 Å². The van der Waals surface area contributed by atoms with Gasteiger partial charge in [0.2, 0.25) is 0 Å². The van der Waals surface area contributed by atoms with Crippen LogP contribution in [0.3, 0.4) is 0 Å². The maximum atomic E-state index is 2.74. The number of hydrogen-bond acceptors (Lipinski definition) is 1. The third-order valence-corrected chi connectivity index (χ3v) is 4.15. The fourth-order valence-corrected chi connectivity index (χ4v) is 3.51. The summed E-state index contributed by atoms with van der Waals surface area (Å²) in [6.07, 6.45) is 12.5. The smallest absolute Gasteiger partial charge is 0.0315 e. The largest absolute Gasteiger partial charge is 0.372 e. The van der Waals surface area contributed by atoms with Crippen LogP contribution in [0.5, 0.6) is 0 Å². The second-order valence-electron chi connectivity index (χ2n) is 4.83. The van der Waals surface area contributed by atoms with E-state index in [4.69, 9.17) is 0 Å². The Morgan fingerprint density at radius 1 is 1.15 bits per heavy atom. The molecule has 0 aromatic carbocycles. The normalized spacial score (nSPS) is 38.2. The van der Waals surface area contributed by atoms with E-state index in [2.05, 4.69) is 11.0 Å². The van der Waals surface area contributed by atoms with Crippen molar-refractivity contribution in [3.05, 3.63) is 11.8 Å². The van der Waals surface area contributed by atoms with Crippen molar-refractivity contribution in [2.75, 3.05) is 6.54 Å². The Kier molecular flexibility index (Phi) is 1.85. The van der Waals surface area contributed by atoms with E-state index in [1.54, 1.807) is 5.70 Å². The minimum Gasteiger partial charge on any atom is -0.372 e. The Labute approximate surface area is 80.8 Å². The lowest BCUT2D eigenvalue weighted by Gasteiger charge is -2.27. The van der Waals surface area contributed by atoms with Gasteiger partial charge in [-0.15, -0.1) is 0 Å². The molecule has 0 spiro atoms. The first-order valence-electron chi connectivity index (χ1n) is 5.91. The third-order valence-electron chi connectivity index (χ3n) is 4.15. The van der Waals surface area contributed by atoms with Gasteiger partial charge in [0, 0.05) is 18.3 Å². The van der Waals surface area contributed by atoms with Crippen LogP contribution in [0.1, 0.15) is 44.9 Å². The highest BCUT2D eigenvalue weighted by molar-refractivity contribution is 5.11. The van der Waals surface area contributed by atoms with E-state index in [1.165, 1.54) is 51.5 Å². The van der Waals surface area contributed by atoms with Gasteiger partial charge in [0.1, 0.15) is 0 Å².